The number of imide groups is 1. The minimum Gasteiger partial charge on any atom is -0.508 e. The van der Waals surface area contributed by atoms with Crippen LogP contribution in [-0.4, -0.2) is 39.9 Å². The Kier molecular flexibility index (Phi) is 3.94. The minimum absolute atomic E-state index is 0.0378. The van der Waals surface area contributed by atoms with Gasteiger partial charge < -0.3 is 15.7 Å². The number of nitrogens with zero attached hydrogens (tertiary/aromatic N) is 1. The Bertz CT molecular complexity index is 635. The van der Waals surface area contributed by atoms with Crippen LogP contribution in [-0.2, 0) is 9.59 Å². The second-order valence-electron chi connectivity index (χ2n) is 6.02. The van der Waals surface area contributed by atoms with E-state index in [2.05, 4.69) is 10.6 Å². The average molecular weight is 317 g/mol. The summed E-state index contributed by atoms with van der Waals surface area (Å²) in [5.74, 6) is -0.384. The monoisotopic (exact) mass is 317 g/mol. The first kappa shape index (κ1) is 15.3. The van der Waals surface area contributed by atoms with Gasteiger partial charge in [0.15, 0.2) is 0 Å². The number of carbonyl (C=O) groups is 3. The lowest BCUT2D eigenvalue weighted by atomic mass is 9.98. The molecule has 122 valence electrons. The third-order valence-electron chi connectivity index (χ3n) is 4.42. The minimum atomic E-state index is -0.732. The maximum atomic E-state index is 12.4. The molecule has 2 aliphatic rings. The Labute approximate surface area is 133 Å². The Morgan fingerprint density at radius 3 is 2.52 bits per heavy atom. The van der Waals surface area contributed by atoms with Gasteiger partial charge in [0.05, 0.1) is 0 Å². The molecule has 1 aromatic carbocycles. The lowest BCUT2D eigenvalue weighted by Gasteiger charge is -2.19. The van der Waals surface area contributed by atoms with Gasteiger partial charge in [-0.2, -0.15) is 0 Å². The molecule has 0 atom stereocenters. The van der Waals surface area contributed by atoms with E-state index in [0.29, 0.717) is 18.5 Å². The van der Waals surface area contributed by atoms with Crippen LogP contribution < -0.4 is 10.6 Å². The van der Waals surface area contributed by atoms with Crippen LogP contribution in [0, 0.1) is 0 Å². The third-order valence-corrected chi connectivity index (χ3v) is 4.42. The molecule has 1 aromatic rings. The largest absolute Gasteiger partial charge is 0.508 e. The zero-order valence-corrected chi connectivity index (χ0v) is 12.7. The quantitative estimate of drug-likeness (QED) is 0.580. The van der Waals surface area contributed by atoms with Gasteiger partial charge in [-0.3, -0.25) is 14.5 Å². The zero-order valence-electron chi connectivity index (χ0n) is 12.7. The summed E-state index contributed by atoms with van der Waals surface area (Å²) in [6.07, 6.45) is 3.25. The molecule has 1 spiro atoms. The van der Waals surface area contributed by atoms with Crippen LogP contribution in [0.1, 0.15) is 32.1 Å². The molecular formula is C16H19N3O4. The Morgan fingerprint density at radius 2 is 1.87 bits per heavy atom. The highest BCUT2D eigenvalue weighted by Crippen LogP contribution is 2.35. The van der Waals surface area contributed by atoms with E-state index in [4.69, 9.17) is 0 Å². The van der Waals surface area contributed by atoms with Crippen LogP contribution in [0.3, 0.4) is 0 Å². The first-order valence-electron chi connectivity index (χ1n) is 7.73. The summed E-state index contributed by atoms with van der Waals surface area (Å²) in [5.41, 5.74) is -0.179. The molecule has 23 heavy (non-hydrogen) atoms. The maximum absolute atomic E-state index is 12.4. The molecule has 1 aliphatic carbocycles. The molecule has 2 fully saturated rings. The number of hydrogen-bond donors (Lipinski definition) is 3. The number of rotatable bonds is 4. The van der Waals surface area contributed by atoms with Crippen LogP contribution in [0.5, 0.6) is 5.75 Å². The fourth-order valence-electron chi connectivity index (χ4n) is 3.18. The summed E-state index contributed by atoms with van der Waals surface area (Å²) < 4.78 is 0. The second-order valence-corrected chi connectivity index (χ2v) is 6.02. The molecule has 7 heteroatoms. The standard InChI is InChI=1S/C16H19N3O4/c20-12-5-3-11(4-6-12)17-13(21)7-10-19-14(22)16(18-15(19)23)8-1-2-9-16/h3-6,20H,1-2,7-10H2,(H,17,21)(H,18,23). The number of benzene rings is 1. The van der Waals surface area contributed by atoms with Crippen molar-refractivity contribution in [3.8, 4) is 5.75 Å². The van der Waals surface area contributed by atoms with Crippen molar-refractivity contribution in [3.63, 3.8) is 0 Å². The molecule has 4 amide bonds. The number of nitrogens with one attached hydrogen (secondary N) is 2. The number of urea groups is 1. The molecule has 3 N–H and O–H groups in total. The molecule has 1 saturated carbocycles. The van der Waals surface area contributed by atoms with Gasteiger partial charge >= 0.3 is 6.03 Å². The van der Waals surface area contributed by atoms with Gasteiger partial charge in [-0.25, -0.2) is 4.79 Å². The zero-order chi connectivity index (χ0) is 16.4. The normalized spacial score (nSPS) is 19.2. The fourth-order valence-corrected chi connectivity index (χ4v) is 3.18. The highest BCUT2D eigenvalue weighted by Gasteiger charge is 2.52. The first-order chi connectivity index (χ1) is 11.0. The number of carbonyl (C=O) groups excluding carboxylic acids is 3. The van der Waals surface area contributed by atoms with E-state index in [1.165, 1.54) is 12.1 Å². The SMILES string of the molecule is O=C(CCN1C(=O)NC2(CCCC2)C1=O)Nc1ccc(O)cc1. The maximum Gasteiger partial charge on any atom is 0.325 e. The third kappa shape index (κ3) is 2.99. The summed E-state index contributed by atoms with van der Waals surface area (Å²) >= 11 is 0. The number of anilines is 1. The van der Waals surface area contributed by atoms with Gasteiger partial charge in [0, 0.05) is 18.7 Å². The predicted octanol–water partition coefficient (Wildman–Crippen LogP) is 1.59. The van der Waals surface area contributed by atoms with Crippen molar-refractivity contribution in [2.24, 2.45) is 0 Å². The van der Waals surface area contributed by atoms with E-state index in [1.807, 2.05) is 0 Å². The van der Waals surface area contributed by atoms with Gasteiger partial charge in [-0.15, -0.1) is 0 Å². The van der Waals surface area contributed by atoms with Crippen LogP contribution in [0.4, 0.5) is 10.5 Å². The van der Waals surface area contributed by atoms with Crippen LogP contribution in [0.25, 0.3) is 0 Å². The van der Waals surface area contributed by atoms with Crippen LogP contribution >= 0.6 is 0 Å². The average Bonchev–Trinajstić information content (AvgIpc) is 3.07. The summed E-state index contributed by atoms with van der Waals surface area (Å²) in [4.78, 5) is 37.5. The van der Waals surface area contributed by atoms with Crippen molar-refractivity contribution >= 4 is 23.5 Å². The highest BCUT2D eigenvalue weighted by atomic mass is 16.3. The molecule has 7 nitrogen and oxygen atoms in total. The topological polar surface area (TPSA) is 98.7 Å². The molecule has 1 aliphatic heterocycles. The number of phenolic OH excluding ortho intramolecular Hbond substituents is 1. The Hall–Kier alpha value is -2.57. The lowest BCUT2D eigenvalue weighted by molar-refractivity contribution is -0.131. The molecule has 1 saturated heterocycles. The van der Waals surface area contributed by atoms with Crippen molar-refractivity contribution in [2.45, 2.75) is 37.6 Å². The summed E-state index contributed by atoms with van der Waals surface area (Å²) in [7, 11) is 0. The summed E-state index contributed by atoms with van der Waals surface area (Å²) in [5, 5.41) is 14.6. The van der Waals surface area contributed by atoms with E-state index < -0.39 is 11.6 Å². The molecule has 1 heterocycles. The van der Waals surface area contributed by atoms with E-state index >= 15 is 0 Å². The van der Waals surface area contributed by atoms with Crippen molar-refractivity contribution < 1.29 is 19.5 Å². The Morgan fingerprint density at radius 1 is 1.22 bits per heavy atom. The molecule has 0 unspecified atom stereocenters. The molecule has 3 rings (SSSR count). The Balaban J connectivity index is 1.55. The fraction of sp³-hybridized carbons (Fsp3) is 0.438. The highest BCUT2D eigenvalue weighted by molar-refractivity contribution is 6.07. The lowest BCUT2D eigenvalue weighted by Crippen LogP contribution is -2.44. The smallest absolute Gasteiger partial charge is 0.325 e. The van der Waals surface area contributed by atoms with Crippen molar-refractivity contribution in [2.75, 3.05) is 11.9 Å². The van der Waals surface area contributed by atoms with E-state index in [0.717, 1.165) is 17.7 Å². The van der Waals surface area contributed by atoms with Gasteiger partial charge in [0.2, 0.25) is 5.91 Å². The van der Waals surface area contributed by atoms with Crippen molar-refractivity contribution in [3.05, 3.63) is 24.3 Å². The van der Waals surface area contributed by atoms with Crippen LogP contribution in [0.15, 0.2) is 24.3 Å². The van der Waals surface area contributed by atoms with E-state index in [1.54, 1.807) is 12.1 Å². The number of aromatic hydroxyl groups is 1. The predicted molar refractivity (Wildman–Crippen MR) is 82.8 cm³/mol. The van der Waals surface area contributed by atoms with Crippen molar-refractivity contribution in [1.82, 2.24) is 10.2 Å². The van der Waals surface area contributed by atoms with E-state index in [9.17, 15) is 19.5 Å². The first-order valence-corrected chi connectivity index (χ1v) is 7.73. The summed E-state index contributed by atoms with van der Waals surface area (Å²) in [6.45, 7) is 0.0658. The summed E-state index contributed by atoms with van der Waals surface area (Å²) in [6, 6.07) is 5.69. The van der Waals surface area contributed by atoms with Gasteiger partial charge in [0.1, 0.15) is 11.3 Å². The van der Waals surface area contributed by atoms with Gasteiger partial charge in [-0.05, 0) is 37.1 Å². The second kappa shape index (κ2) is 5.91. The number of phenols is 1. The molecule has 0 radical (unpaired) electrons. The van der Waals surface area contributed by atoms with Gasteiger partial charge in [-0.1, -0.05) is 12.8 Å². The molecular weight excluding hydrogens is 298 g/mol. The van der Waals surface area contributed by atoms with Gasteiger partial charge in [0.25, 0.3) is 5.91 Å². The van der Waals surface area contributed by atoms with Crippen LogP contribution in [0.2, 0.25) is 0 Å². The number of amides is 4. The van der Waals surface area contributed by atoms with Crippen molar-refractivity contribution in [1.29, 1.82) is 0 Å². The molecule has 0 bridgehead atoms. The number of hydrogen-bond acceptors (Lipinski definition) is 4. The van der Waals surface area contributed by atoms with E-state index in [-0.39, 0.29) is 30.5 Å². The molecule has 0 aromatic heterocycles.